The molecular formula is C39H54BrN3O5Si2. The first-order valence-corrected chi connectivity index (χ1v) is 23.2. The van der Waals surface area contributed by atoms with Crippen LogP contribution in [0.4, 0.5) is 4.79 Å². The van der Waals surface area contributed by atoms with Crippen molar-refractivity contribution in [3.63, 3.8) is 0 Å². The van der Waals surface area contributed by atoms with E-state index in [0.29, 0.717) is 18.9 Å². The molecule has 0 spiro atoms. The summed E-state index contributed by atoms with van der Waals surface area (Å²) < 4.78 is 22.6. The van der Waals surface area contributed by atoms with Gasteiger partial charge in [0, 0.05) is 24.5 Å². The molecule has 11 heteroatoms. The Morgan fingerprint density at radius 1 is 0.920 bits per heavy atom. The summed E-state index contributed by atoms with van der Waals surface area (Å²) in [6.07, 6.45) is 1.12. The number of likely N-dealkylation sites (tertiary alicyclic amines) is 1. The highest BCUT2D eigenvalue weighted by atomic mass is 79.9. The van der Waals surface area contributed by atoms with Crippen LogP contribution in [0.25, 0.3) is 11.0 Å². The van der Waals surface area contributed by atoms with Gasteiger partial charge in [0.1, 0.15) is 5.82 Å². The Balaban J connectivity index is 1.42. The lowest BCUT2D eigenvalue weighted by molar-refractivity contribution is -0.165. The van der Waals surface area contributed by atoms with E-state index in [1.807, 2.05) is 34.9 Å². The van der Waals surface area contributed by atoms with Crippen molar-refractivity contribution in [2.24, 2.45) is 0 Å². The lowest BCUT2D eigenvalue weighted by atomic mass is 10.1. The molecule has 2 heterocycles. The molecule has 50 heavy (non-hydrogen) atoms. The average Bonchev–Trinajstić information content (AvgIpc) is 3.36. The smallest absolute Gasteiger partial charge is 0.412 e. The van der Waals surface area contributed by atoms with E-state index in [9.17, 15) is 9.90 Å². The average molecular weight is 781 g/mol. The van der Waals surface area contributed by atoms with Gasteiger partial charge in [-0.1, -0.05) is 118 Å². The first-order chi connectivity index (χ1) is 23.3. The second kappa shape index (κ2) is 14.7. The van der Waals surface area contributed by atoms with Gasteiger partial charge < -0.3 is 28.2 Å². The van der Waals surface area contributed by atoms with Crippen LogP contribution in [-0.4, -0.2) is 67.3 Å². The molecule has 0 aliphatic carbocycles. The van der Waals surface area contributed by atoms with Crippen molar-refractivity contribution in [1.29, 1.82) is 0 Å². The minimum atomic E-state index is -2.88. The van der Waals surface area contributed by atoms with Crippen LogP contribution >= 0.6 is 15.9 Å². The summed E-state index contributed by atoms with van der Waals surface area (Å²) in [6, 6.07) is 26.8. The summed E-state index contributed by atoms with van der Waals surface area (Å²) in [5.74, 6) is -1.18. The molecule has 270 valence electrons. The summed E-state index contributed by atoms with van der Waals surface area (Å²) in [5.41, 5.74) is 1.57. The Labute approximate surface area is 308 Å². The predicted molar refractivity (Wildman–Crippen MR) is 210 cm³/mol. The fourth-order valence-corrected chi connectivity index (χ4v) is 13.0. The number of piperidine rings is 1. The molecule has 1 unspecified atom stereocenters. The van der Waals surface area contributed by atoms with Crippen LogP contribution < -0.4 is 10.4 Å². The number of rotatable bonds is 10. The molecule has 8 nitrogen and oxygen atoms in total. The molecule has 0 radical (unpaired) electrons. The van der Waals surface area contributed by atoms with Crippen LogP contribution in [-0.2, 0) is 26.7 Å². The zero-order valence-corrected chi connectivity index (χ0v) is 34.7. The van der Waals surface area contributed by atoms with Crippen molar-refractivity contribution in [3.05, 3.63) is 89.2 Å². The summed E-state index contributed by atoms with van der Waals surface area (Å²) in [7, 11) is -4.90. The van der Waals surface area contributed by atoms with Crippen LogP contribution in [0.3, 0.4) is 0 Å². The number of nitrogens with zero attached hydrogens (tertiary/aromatic N) is 3. The standard InChI is InChI=1S/C39H54BrN3O5Si2/c1-37(2,3)49(8,9)48-30-17-16-24-42(26-30)36(44)47-39(7,45)28-43-34-23-22-29(40)25-33(34)41-35(43)27-46-50(38(4,5)6,31-18-12-10-13-19-31)32-20-14-11-15-21-32/h10-15,18-23,25,30,45H,16-17,24,26-28H2,1-9H3/t30?,39-/m1/s1. The number of benzene rings is 3. The van der Waals surface area contributed by atoms with Crippen molar-refractivity contribution in [1.82, 2.24) is 14.5 Å². The lowest BCUT2D eigenvalue weighted by Gasteiger charge is -2.43. The van der Waals surface area contributed by atoms with Crippen LogP contribution in [0.1, 0.15) is 67.1 Å². The minimum absolute atomic E-state index is 0.0198. The number of aliphatic hydroxyl groups is 1. The molecule has 5 rings (SSSR count). The molecule has 1 N–H and O–H groups in total. The summed E-state index contributed by atoms with van der Waals surface area (Å²) in [6.45, 7) is 20.6. The van der Waals surface area contributed by atoms with Gasteiger partial charge in [-0.05, 0) is 64.6 Å². The quantitative estimate of drug-likeness (QED) is 0.129. The first-order valence-electron chi connectivity index (χ1n) is 17.6. The number of ether oxygens (including phenoxy) is 1. The number of hydrogen-bond acceptors (Lipinski definition) is 6. The van der Waals surface area contributed by atoms with Crippen molar-refractivity contribution in [3.8, 4) is 0 Å². The maximum absolute atomic E-state index is 13.6. The molecule has 1 fully saturated rings. The van der Waals surface area contributed by atoms with Gasteiger partial charge in [0.2, 0.25) is 5.79 Å². The maximum atomic E-state index is 13.6. The number of hydrogen-bond donors (Lipinski definition) is 1. The van der Waals surface area contributed by atoms with E-state index >= 15 is 0 Å². The maximum Gasteiger partial charge on any atom is 0.412 e. The SMILES string of the molecule is CC(C)(C)[Si](C)(C)OC1CCCN(C(=O)O[C@@](C)(O)Cn2c(CO[Si](c3ccccc3)(c3ccccc3)C(C)(C)C)nc3cc(Br)ccc32)C1. The van der Waals surface area contributed by atoms with Crippen LogP contribution in [0.2, 0.25) is 23.2 Å². The highest BCUT2D eigenvalue weighted by Gasteiger charge is 2.50. The topological polar surface area (TPSA) is 86.0 Å². The minimum Gasteiger partial charge on any atom is -0.415 e. The third kappa shape index (κ3) is 8.29. The number of carbonyl (C=O) groups is 1. The van der Waals surface area contributed by atoms with E-state index in [4.69, 9.17) is 18.6 Å². The number of halogens is 1. The molecule has 2 atom stereocenters. The Morgan fingerprint density at radius 3 is 2.08 bits per heavy atom. The van der Waals surface area contributed by atoms with Gasteiger partial charge in [-0.3, -0.25) is 0 Å². The number of aromatic nitrogens is 2. The predicted octanol–water partition coefficient (Wildman–Crippen LogP) is 8.21. The normalized spacial score (nSPS) is 17.5. The Bertz CT molecular complexity index is 1730. The molecule has 1 amide bonds. The monoisotopic (exact) mass is 779 g/mol. The van der Waals surface area contributed by atoms with Crippen molar-refractivity contribution in [2.45, 2.75) is 110 Å². The van der Waals surface area contributed by atoms with Crippen molar-refractivity contribution < 1.29 is 23.5 Å². The molecule has 1 aliphatic rings. The van der Waals surface area contributed by atoms with Crippen LogP contribution in [0, 0.1) is 0 Å². The number of amides is 1. The van der Waals surface area contributed by atoms with E-state index < -0.39 is 28.5 Å². The third-order valence-electron chi connectivity index (χ3n) is 10.3. The molecule has 1 saturated heterocycles. The van der Waals surface area contributed by atoms with Gasteiger partial charge in [0.05, 0.1) is 30.3 Å². The Morgan fingerprint density at radius 2 is 1.52 bits per heavy atom. The molecule has 1 aliphatic heterocycles. The third-order valence-corrected chi connectivity index (χ3v) is 20.3. The second-order valence-electron chi connectivity index (χ2n) is 16.3. The molecule has 1 aromatic heterocycles. The summed E-state index contributed by atoms with van der Waals surface area (Å²) >= 11 is 3.59. The van der Waals surface area contributed by atoms with E-state index in [2.05, 4.69) is 119 Å². The van der Waals surface area contributed by atoms with E-state index in [0.717, 1.165) is 28.3 Å². The van der Waals surface area contributed by atoms with Crippen LogP contribution in [0.5, 0.6) is 0 Å². The van der Waals surface area contributed by atoms with Gasteiger partial charge in [-0.25, -0.2) is 9.78 Å². The Kier molecular flexibility index (Phi) is 11.3. The van der Waals surface area contributed by atoms with Crippen LogP contribution in [0.15, 0.2) is 83.3 Å². The van der Waals surface area contributed by atoms with Gasteiger partial charge in [0.15, 0.2) is 8.32 Å². The largest absolute Gasteiger partial charge is 0.415 e. The summed E-state index contributed by atoms with van der Waals surface area (Å²) in [5, 5.41) is 13.9. The number of imidazole rings is 1. The fourth-order valence-electron chi connectivity index (χ4n) is 6.75. The highest BCUT2D eigenvalue weighted by Crippen LogP contribution is 2.39. The number of fused-ring (bicyclic) bond motifs is 1. The van der Waals surface area contributed by atoms with Gasteiger partial charge >= 0.3 is 6.09 Å². The first kappa shape index (κ1) is 38.4. The van der Waals surface area contributed by atoms with E-state index in [1.165, 1.54) is 17.3 Å². The molecule has 0 saturated carbocycles. The van der Waals surface area contributed by atoms with Gasteiger partial charge in [0.25, 0.3) is 8.32 Å². The van der Waals surface area contributed by atoms with Gasteiger partial charge in [-0.2, -0.15) is 0 Å². The highest BCUT2D eigenvalue weighted by molar-refractivity contribution is 9.10. The fraction of sp³-hybridized carbons (Fsp3) is 0.487. The molecule has 4 aromatic rings. The van der Waals surface area contributed by atoms with Crippen molar-refractivity contribution >= 4 is 60.1 Å². The van der Waals surface area contributed by atoms with Crippen molar-refractivity contribution in [2.75, 3.05) is 13.1 Å². The zero-order valence-electron chi connectivity index (χ0n) is 31.1. The van der Waals surface area contributed by atoms with E-state index in [-0.39, 0.29) is 29.3 Å². The van der Waals surface area contributed by atoms with E-state index in [1.54, 1.807) is 4.90 Å². The number of carbonyl (C=O) groups excluding carboxylic acids is 1. The zero-order chi connectivity index (χ0) is 36.5. The van der Waals surface area contributed by atoms with Gasteiger partial charge in [-0.15, -0.1) is 0 Å². The molecular weight excluding hydrogens is 727 g/mol. The lowest BCUT2D eigenvalue weighted by Crippen LogP contribution is -2.66. The molecule has 0 bridgehead atoms. The summed E-state index contributed by atoms with van der Waals surface area (Å²) in [4.78, 5) is 20.3. The second-order valence-corrected chi connectivity index (χ2v) is 26.3. The Hall–Kier alpha value is -2.81. The molecule has 3 aromatic carbocycles.